The van der Waals surface area contributed by atoms with E-state index >= 15 is 0 Å². The molecule has 0 aliphatic rings. The fourth-order valence-electron chi connectivity index (χ4n) is 2.76. The summed E-state index contributed by atoms with van der Waals surface area (Å²) in [6.45, 7) is 3.46. The molecule has 26 heavy (non-hydrogen) atoms. The third-order valence-electron chi connectivity index (χ3n) is 4.34. The maximum absolute atomic E-state index is 9.44. The van der Waals surface area contributed by atoms with Crippen LogP contribution in [0.2, 0.25) is 0 Å². The summed E-state index contributed by atoms with van der Waals surface area (Å²) in [7, 11) is 3.78. The van der Waals surface area contributed by atoms with Gasteiger partial charge in [-0.1, -0.05) is 36.9 Å². The third-order valence-corrected chi connectivity index (χ3v) is 4.34. The summed E-state index contributed by atoms with van der Waals surface area (Å²) in [6, 6.07) is 11.7. The minimum absolute atomic E-state index is 0.261. The number of hydrogen-bond acceptors (Lipinski definition) is 4. The lowest BCUT2D eigenvalue weighted by molar-refractivity contribution is 0.0957. The van der Waals surface area contributed by atoms with Crippen LogP contribution in [0.4, 0.5) is 0 Å². The van der Waals surface area contributed by atoms with Crippen LogP contribution in [0.15, 0.2) is 55.4 Å². The molecule has 2 aromatic heterocycles. The van der Waals surface area contributed by atoms with Crippen molar-refractivity contribution in [1.29, 1.82) is 0 Å². The van der Waals surface area contributed by atoms with Crippen molar-refractivity contribution in [2.45, 2.75) is 6.10 Å². The van der Waals surface area contributed by atoms with Gasteiger partial charge in [0.15, 0.2) is 0 Å². The smallest absolute Gasteiger partial charge is 0.102 e. The summed E-state index contributed by atoms with van der Waals surface area (Å²) in [4.78, 5) is 0. The standard InChI is InChI=1S/C10H12N2O2.C10H10N2/c1-12-9-4-7(10(14)6-13)2-3-8(9)5-11-12;1-3-8-4-5-9-7-11-12(2)10(9)6-8/h2-5,10,13-14H,6H2,1H3;3-7H,1H2,2H3/t10-;/m1./s1. The van der Waals surface area contributed by atoms with Gasteiger partial charge in [0, 0.05) is 24.9 Å². The van der Waals surface area contributed by atoms with E-state index in [1.807, 2.05) is 49.2 Å². The van der Waals surface area contributed by atoms with E-state index in [0.717, 1.165) is 22.0 Å². The predicted molar refractivity (Wildman–Crippen MR) is 104 cm³/mol. The number of rotatable bonds is 3. The minimum atomic E-state index is -0.811. The highest BCUT2D eigenvalue weighted by Crippen LogP contribution is 2.19. The topological polar surface area (TPSA) is 76.1 Å². The molecule has 2 N–H and O–H groups in total. The van der Waals surface area contributed by atoms with E-state index in [1.54, 1.807) is 16.9 Å². The molecule has 0 amide bonds. The molecule has 0 aliphatic carbocycles. The fraction of sp³-hybridized carbons (Fsp3) is 0.200. The molecule has 0 radical (unpaired) electrons. The Morgan fingerprint density at radius 3 is 2.15 bits per heavy atom. The molecule has 0 spiro atoms. The van der Waals surface area contributed by atoms with Gasteiger partial charge in [0.05, 0.1) is 30.0 Å². The monoisotopic (exact) mass is 350 g/mol. The summed E-state index contributed by atoms with van der Waals surface area (Å²) in [5.74, 6) is 0. The van der Waals surface area contributed by atoms with Gasteiger partial charge >= 0.3 is 0 Å². The van der Waals surface area contributed by atoms with Crippen molar-refractivity contribution in [2.75, 3.05) is 6.61 Å². The number of hydrogen-bond donors (Lipinski definition) is 2. The Hall–Kier alpha value is -2.96. The van der Waals surface area contributed by atoms with Crippen LogP contribution in [-0.4, -0.2) is 36.4 Å². The Labute approximate surface area is 151 Å². The lowest BCUT2D eigenvalue weighted by Gasteiger charge is -2.07. The Morgan fingerprint density at radius 2 is 1.58 bits per heavy atom. The molecule has 0 fully saturated rings. The fourth-order valence-corrected chi connectivity index (χ4v) is 2.76. The number of benzene rings is 2. The van der Waals surface area contributed by atoms with Crippen molar-refractivity contribution in [2.24, 2.45) is 14.1 Å². The van der Waals surface area contributed by atoms with E-state index in [4.69, 9.17) is 5.11 Å². The van der Waals surface area contributed by atoms with E-state index in [-0.39, 0.29) is 6.61 Å². The molecule has 2 aromatic carbocycles. The van der Waals surface area contributed by atoms with Crippen molar-refractivity contribution < 1.29 is 10.2 Å². The van der Waals surface area contributed by atoms with Gasteiger partial charge in [-0.25, -0.2) is 0 Å². The first-order valence-electron chi connectivity index (χ1n) is 8.28. The lowest BCUT2D eigenvalue weighted by Crippen LogP contribution is -2.02. The first-order valence-corrected chi connectivity index (χ1v) is 8.28. The molecule has 4 rings (SSSR count). The number of aliphatic hydroxyl groups is 2. The maximum atomic E-state index is 9.44. The minimum Gasteiger partial charge on any atom is -0.393 e. The number of nitrogens with zero attached hydrogens (tertiary/aromatic N) is 4. The maximum Gasteiger partial charge on any atom is 0.102 e. The van der Waals surface area contributed by atoms with Gasteiger partial charge in [-0.2, -0.15) is 10.2 Å². The van der Waals surface area contributed by atoms with E-state index < -0.39 is 6.10 Å². The van der Waals surface area contributed by atoms with Crippen molar-refractivity contribution in [3.05, 3.63) is 66.5 Å². The molecule has 4 aromatic rings. The SMILES string of the molecule is C=Cc1ccc2cnn(C)c2c1.Cn1ncc2ccc([C@H](O)CO)cc21. The van der Waals surface area contributed by atoms with Crippen molar-refractivity contribution in [3.8, 4) is 0 Å². The molecular weight excluding hydrogens is 328 g/mol. The molecule has 0 unspecified atom stereocenters. The molecule has 6 heteroatoms. The molecule has 2 heterocycles. The normalized spacial score (nSPS) is 12.0. The first kappa shape index (κ1) is 17.8. The van der Waals surface area contributed by atoms with Crippen molar-refractivity contribution in [1.82, 2.24) is 19.6 Å². The van der Waals surface area contributed by atoms with Gasteiger partial charge in [0.2, 0.25) is 0 Å². The number of aryl methyl sites for hydroxylation is 2. The van der Waals surface area contributed by atoms with Gasteiger partial charge in [-0.15, -0.1) is 0 Å². The highest BCUT2D eigenvalue weighted by molar-refractivity contribution is 5.81. The second-order valence-electron chi connectivity index (χ2n) is 6.08. The molecule has 134 valence electrons. The third kappa shape index (κ3) is 3.51. The van der Waals surface area contributed by atoms with Crippen LogP contribution >= 0.6 is 0 Å². The summed E-state index contributed by atoms with van der Waals surface area (Å²) < 4.78 is 3.60. The Morgan fingerprint density at radius 1 is 1.00 bits per heavy atom. The highest BCUT2D eigenvalue weighted by atomic mass is 16.3. The van der Waals surface area contributed by atoms with Crippen molar-refractivity contribution >= 4 is 27.9 Å². The number of fused-ring (bicyclic) bond motifs is 2. The zero-order valence-corrected chi connectivity index (χ0v) is 14.9. The second kappa shape index (κ2) is 7.51. The van der Waals surface area contributed by atoms with E-state index in [9.17, 15) is 5.11 Å². The largest absolute Gasteiger partial charge is 0.393 e. The lowest BCUT2D eigenvalue weighted by atomic mass is 10.1. The van der Waals surface area contributed by atoms with Crippen LogP contribution in [-0.2, 0) is 14.1 Å². The molecule has 0 aliphatic heterocycles. The number of aliphatic hydroxyl groups excluding tert-OH is 2. The van der Waals surface area contributed by atoms with Crippen molar-refractivity contribution in [3.63, 3.8) is 0 Å². The predicted octanol–water partition coefficient (Wildman–Crippen LogP) is 2.82. The molecule has 0 saturated carbocycles. The average Bonchev–Trinajstić information content (AvgIpc) is 3.24. The summed E-state index contributed by atoms with van der Waals surface area (Å²) in [5, 5.41) is 28.7. The van der Waals surface area contributed by atoms with Gasteiger partial charge in [0.1, 0.15) is 6.10 Å². The van der Waals surface area contributed by atoms with E-state index in [0.29, 0.717) is 5.56 Å². The molecule has 0 saturated heterocycles. The van der Waals surface area contributed by atoms with Gasteiger partial charge in [-0.05, 0) is 23.3 Å². The Balaban J connectivity index is 0.000000152. The highest BCUT2D eigenvalue weighted by Gasteiger charge is 2.07. The Bertz CT molecular complexity index is 1050. The summed E-state index contributed by atoms with van der Waals surface area (Å²) in [5.41, 5.74) is 3.94. The zero-order chi connectivity index (χ0) is 18.7. The van der Waals surface area contributed by atoms with Crippen LogP contribution in [0.1, 0.15) is 17.2 Å². The van der Waals surface area contributed by atoms with Crippen LogP contribution in [0.5, 0.6) is 0 Å². The first-order chi connectivity index (χ1) is 12.5. The van der Waals surface area contributed by atoms with Crippen LogP contribution in [0, 0.1) is 0 Å². The molecule has 6 nitrogen and oxygen atoms in total. The zero-order valence-electron chi connectivity index (χ0n) is 14.9. The van der Waals surface area contributed by atoms with Gasteiger partial charge in [0.25, 0.3) is 0 Å². The molecule has 1 atom stereocenters. The second-order valence-corrected chi connectivity index (χ2v) is 6.08. The van der Waals surface area contributed by atoms with Gasteiger partial charge < -0.3 is 10.2 Å². The van der Waals surface area contributed by atoms with Gasteiger partial charge in [-0.3, -0.25) is 9.36 Å². The molecular formula is C20H22N4O2. The summed E-state index contributed by atoms with van der Waals surface area (Å²) in [6.07, 6.45) is 4.66. The summed E-state index contributed by atoms with van der Waals surface area (Å²) >= 11 is 0. The molecule has 0 bridgehead atoms. The van der Waals surface area contributed by atoms with E-state index in [1.165, 1.54) is 5.39 Å². The van der Waals surface area contributed by atoms with Crippen LogP contribution in [0.3, 0.4) is 0 Å². The van der Waals surface area contributed by atoms with Crippen LogP contribution in [0.25, 0.3) is 27.9 Å². The quantitative estimate of drug-likeness (QED) is 0.596. The average molecular weight is 350 g/mol. The number of aromatic nitrogens is 4. The van der Waals surface area contributed by atoms with Crippen LogP contribution < -0.4 is 0 Å². The Kier molecular flexibility index (Phi) is 5.16. The van der Waals surface area contributed by atoms with E-state index in [2.05, 4.69) is 28.9 Å².